The number of methoxy groups -OCH3 is 1. The maximum absolute atomic E-state index is 13.4. The van der Waals surface area contributed by atoms with Crippen LogP contribution < -0.4 is 4.74 Å². The Balaban J connectivity index is 1.42. The van der Waals surface area contributed by atoms with Gasteiger partial charge in [0.2, 0.25) is 10.0 Å². The van der Waals surface area contributed by atoms with Crippen molar-refractivity contribution in [2.75, 3.05) is 26.7 Å². The minimum atomic E-state index is -3.34. The largest absolute Gasteiger partial charge is 0.497 e. The fourth-order valence-corrected chi connectivity index (χ4v) is 7.59. The van der Waals surface area contributed by atoms with Gasteiger partial charge in [0.15, 0.2) is 0 Å². The number of nitrogens with zero attached hydrogens (tertiary/aromatic N) is 2. The molecule has 0 bridgehead atoms. The normalized spacial score (nSPS) is 27.0. The Morgan fingerprint density at radius 2 is 1.93 bits per heavy atom. The maximum atomic E-state index is 13.4. The number of rotatable bonds is 4. The highest BCUT2D eigenvalue weighted by atomic mass is 32.2. The standard InChI is InChI=1S/C24H30N2O3S/c1-29-21-9-10-22-19(14-21)11-13-25-16-20-8-5-12-26(23(20)15-24(22)25)30(27,28)17-18-6-3-2-4-7-18/h2-4,6-7,9-10,14,20,23-24H,5,8,11-13,15-17H2,1H3/t20-,23+,24+/m1/s1. The van der Waals surface area contributed by atoms with Gasteiger partial charge in [-0.25, -0.2) is 8.42 Å². The highest BCUT2D eigenvalue weighted by molar-refractivity contribution is 7.88. The van der Waals surface area contributed by atoms with Crippen molar-refractivity contribution in [1.82, 2.24) is 9.21 Å². The summed E-state index contributed by atoms with van der Waals surface area (Å²) >= 11 is 0. The van der Waals surface area contributed by atoms with Crippen LogP contribution in [0.1, 0.15) is 42.0 Å². The lowest BCUT2D eigenvalue weighted by Gasteiger charge is -2.51. The number of sulfonamides is 1. The van der Waals surface area contributed by atoms with Crippen LogP contribution in [0, 0.1) is 5.92 Å². The van der Waals surface area contributed by atoms with Gasteiger partial charge >= 0.3 is 0 Å². The number of piperidine rings is 2. The molecule has 0 spiro atoms. The molecular formula is C24H30N2O3S. The van der Waals surface area contributed by atoms with Crippen LogP contribution in [0.25, 0.3) is 0 Å². The Morgan fingerprint density at radius 3 is 2.73 bits per heavy atom. The minimum Gasteiger partial charge on any atom is -0.497 e. The summed E-state index contributed by atoms with van der Waals surface area (Å²) in [5.41, 5.74) is 3.57. The number of ether oxygens (including phenoxy) is 1. The van der Waals surface area contributed by atoms with Gasteiger partial charge in [-0.2, -0.15) is 4.31 Å². The summed E-state index contributed by atoms with van der Waals surface area (Å²) < 4.78 is 34.1. The third kappa shape index (κ3) is 3.66. The first kappa shape index (κ1) is 20.0. The highest BCUT2D eigenvalue weighted by Gasteiger charge is 2.45. The van der Waals surface area contributed by atoms with E-state index in [0.29, 0.717) is 18.5 Å². The molecule has 0 aliphatic carbocycles. The van der Waals surface area contributed by atoms with E-state index in [0.717, 1.165) is 50.1 Å². The molecule has 0 amide bonds. The van der Waals surface area contributed by atoms with Gasteiger partial charge < -0.3 is 4.74 Å². The van der Waals surface area contributed by atoms with Crippen LogP contribution in [0.5, 0.6) is 5.75 Å². The second-order valence-electron chi connectivity index (χ2n) is 8.88. The van der Waals surface area contributed by atoms with Crippen LogP contribution in [0.4, 0.5) is 0 Å². The molecule has 0 saturated carbocycles. The Morgan fingerprint density at radius 1 is 1.10 bits per heavy atom. The van der Waals surface area contributed by atoms with Crippen LogP contribution in [0.2, 0.25) is 0 Å². The molecule has 5 nitrogen and oxygen atoms in total. The Kier molecular flexibility index (Phi) is 5.33. The molecule has 2 saturated heterocycles. The summed E-state index contributed by atoms with van der Waals surface area (Å²) in [7, 11) is -1.63. The number of hydrogen-bond acceptors (Lipinski definition) is 4. The van der Waals surface area contributed by atoms with Gasteiger partial charge in [0.1, 0.15) is 5.75 Å². The predicted molar refractivity (Wildman–Crippen MR) is 118 cm³/mol. The van der Waals surface area contributed by atoms with Crippen molar-refractivity contribution < 1.29 is 13.2 Å². The molecule has 0 unspecified atom stereocenters. The third-order valence-corrected chi connectivity index (χ3v) is 9.03. The van der Waals surface area contributed by atoms with Gasteiger partial charge in [-0.1, -0.05) is 36.4 Å². The Bertz CT molecular complexity index is 1010. The molecular weight excluding hydrogens is 396 g/mol. The fourth-order valence-electron chi connectivity index (χ4n) is 5.73. The third-order valence-electron chi connectivity index (χ3n) is 7.17. The van der Waals surface area contributed by atoms with E-state index in [1.165, 1.54) is 11.1 Å². The van der Waals surface area contributed by atoms with Crippen molar-refractivity contribution in [3.63, 3.8) is 0 Å². The summed E-state index contributed by atoms with van der Waals surface area (Å²) in [4.78, 5) is 2.59. The molecule has 2 fully saturated rings. The zero-order valence-corrected chi connectivity index (χ0v) is 18.4. The molecule has 3 atom stereocenters. The number of hydrogen-bond donors (Lipinski definition) is 0. The number of benzene rings is 2. The van der Waals surface area contributed by atoms with E-state index in [1.807, 2.05) is 40.7 Å². The van der Waals surface area contributed by atoms with E-state index in [9.17, 15) is 8.42 Å². The van der Waals surface area contributed by atoms with Crippen LogP contribution in [0.3, 0.4) is 0 Å². The van der Waals surface area contributed by atoms with E-state index in [2.05, 4.69) is 17.0 Å². The van der Waals surface area contributed by atoms with E-state index in [4.69, 9.17) is 4.74 Å². The zero-order valence-electron chi connectivity index (χ0n) is 17.5. The summed E-state index contributed by atoms with van der Waals surface area (Å²) in [5, 5.41) is 0. The van der Waals surface area contributed by atoms with E-state index in [1.54, 1.807) is 7.11 Å². The quantitative estimate of drug-likeness (QED) is 0.750. The van der Waals surface area contributed by atoms with Crippen LogP contribution >= 0.6 is 0 Å². The van der Waals surface area contributed by atoms with Crippen molar-refractivity contribution in [1.29, 1.82) is 0 Å². The molecule has 2 aromatic rings. The monoisotopic (exact) mass is 426 g/mol. The second-order valence-corrected chi connectivity index (χ2v) is 10.8. The first-order valence-electron chi connectivity index (χ1n) is 11.0. The Hall–Kier alpha value is -1.89. The molecule has 6 heteroatoms. The molecule has 3 heterocycles. The van der Waals surface area contributed by atoms with E-state index >= 15 is 0 Å². The van der Waals surface area contributed by atoms with E-state index in [-0.39, 0.29) is 11.8 Å². The second kappa shape index (κ2) is 7.98. The Labute approximate surface area is 179 Å². The first-order valence-corrected chi connectivity index (χ1v) is 12.6. The lowest BCUT2D eigenvalue weighted by atomic mass is 9.77. The van der Waals surface area contributed by atoms with E-state index < -0.39 is 10.0 Å². The average Bonchev–Trinajstić information content (AvgIpc) is 2.77. The van der Waals surface area contributed by atoms with Crippen LogP contribution in [-0.4, -0.2) is 50.4 Å². The lowest BCUT2D eigenvalue weighted by molar-refractivity contribution is 0.0219. The van der Waals surface area contributed by atoms with Gasteiger partial charge in [0.25, 0.3) is 0 Å². The molecule has 3 aliphatic rings. The molecule has 0 aromatic heterocycles. The fraction of sp³-hybridized carbons (Fsp3) is 0.500. The van der Waals surface area contributed by atoms with Crippen molar-refractivity contribution in [2.24, 2.45) is 5.92 Å². The molecule has 0 radical (unpaired) electrons. The van der Waals surface area contributed by atoms with Crippen molar-refractivity contribution >= 4 is 10.0 Å². The lowest BCUT2D eigenvalue weighted by Crippen LogP contribution is -2.57. The van der Waals surface area contributed by atoms with Gasteiger partial charge in [-0.3, -0.25) is 4.90 Å². The summed E-state index contributed by atoms with van der Waals surface area (Å²) in [6.07, 6.45) is 4.01. The van der Waals surface area contributed by atoms with Gasteiger partial charge in [-0.15, -0.1) is 0 Å². The summed E-state index contributed by atoms with van der Waals surface area (Å²) in [6.45, 7) is 2.70. The van der Waals surface area contributed by atoms with Crippen molar-refractivity contribution in [3.05, 3.63) is 65.2 Å². The first-order chi connectivity index (χ1) is 14.5. The molecule has 30 heavy (non-hydrogen) atoms. The molecule has 160 valence electrons. The van der Waals surface area contributed by atoms with Crippen molar-refractivity contribution in [2.45, 2.75) is 43.5 Å². The molecule has 0 N–H and O–H groups in total. The summed E-state index contributed by atoms with van der Waals surface area (Å²) in [5.74, 6) is 1.43. The van der Waals surface area contributed by atoms with Gasteiger partial charge in [-0.05, 0) is 60.4 Å². The minimum absolute atomic E-state index is 0.0965. The average molecular weight is 427 g/mol. The smallest absolute Gasteiger partial charge is 0.218 e. The highest BCUT2D eigenvalue weighted by Crippen LogP contribution is 2.44. The van der Waals surface area contributed by atoms with Gasteiger partial charge in [0, 0.05) is 31.7 Å². The maximum Gasteiger partial charge on any atom is 0.218 e. The number of fused-ring (bicyclic) bond motifs is 4. The van der Waals surface area contributed by atoms with Crippen LogP contribution in [-0.2, 0) is 22.2 Å². The molecule has 5 rings (SSSR count). The molecule has 2 aromatic carbocycles. The predicted octanol–water partition coefficient (Wildman–Crippen LogP) is 3.61. The van der Waals surface area contributed by atoms with Crippen LogP contribution in [0.15, 0.2) is 48.5 Å². The SMILES string of the molecule is COc1ccc2c(c1)CCN1C[C@H]3CCCN(S(=O)(=O)Cc4ccccc4)[C@H]3C[C@@H]21. The molecule has 3 aliphatic heterocycles. The summed E-state index contributed by atoms with van der Waals surface area (Å²) in [6, 6.07) is 16.4. The zero-order chi connectivity index (χ0) is 20.7. The van der Waals surface area contributed by atoms with Gasteiger partial charge in [0.05, 0.1) is 12.9 Å². The topological polar surface area (TPSA) is 49.9 Å². The van der Waals surface area contributed by atoms with Crippen molar-refractivity contribution in [3.8, 4) is 5.75 Å².